The second-order valence-electron chi connectivity index (χ2n) is 4.78. The summed E-state index contributed by atoms with van der Waals surface area (Å²) in [5.41, 5.74) is 9.91. The van der Waals surface area contributed by atoms with Gasteiger partial charge in [0.1, 0.15) is 5.52 Å². The van der Waals surface area contributed by atoms with Crippen molar-refractivity contribution in [2.75, 3.05) is 19.5 Å². The van der Waals surface area contributed by atoms with Crippen LogP contribution in [0.5, 0.6) is 0 Å². The van der Waals surface area contributed by atoms with Gasteiger partial charge >= 0.3 is 0 Å². The first-order valence-corrected chi connectivity index (χ1v) is 7.10. The van der Waals surface area contributed by atoms with E-state index in [4.69, 9.17) is 22.1 Å². The Morgan fingerprint density at radius 1 is 1.19 bits per heavy atom. The number of methoxy groups -OCH3 is 1. The molecule has 3 aromatic rings. The van der Waals surface area contributed by atoms with Crippen LogP contribution in [0.25, 0.3) is 16.7 Å². The fraction of sp³-hybridized carbons (Fsp3) is 0.188. The maximum atomic E-state index is 6.20. The van der Waals surface area contributed by atoms with Gasteiger partial charge in [-0.05, 0) is 30.2 Å². The smallest absolute Gasteiger partial charge is 0.205 e. The van der Waals surface area contributed by atoms with E-state index in [1.165, 1.54) is 0 Å². The predicted molar refractivity (Wildman–Crippen MR) is 86.1 cm³/mol. The third-order valence-corrected chi connectivity index (χ3v) is 3.77. The van der Waals surface area contributed by atoms with E-state index in [9.17, 15) is 0 Å². The predicted octanol–water partition coefficient (Wildman–Crippen LogP) is 3.45. The van der Waals surface area contributed by atoms with Crippen LogP contribution < -0.4 is 5.73 Å². The molecule has 0 saturated heterocycles. The van der Waals surface area contributed by atoms with E-state index in [1.807, 2.05) is 41.0 Å². The lowest BCUT2D eigenvalue weighted by Crippen LogP contribution is -2.05. The molecule has 0 spiro atoms. The Morgan fingerprint density at radius 3 is 2.81 bits per heavy atom. The highest BCUT2D eigenvalue weighted by atomic mass is 35.5. The molecule has 0 aliphatic carbocycles. The van der Waals surface area contributed by atoms with Crippen LogP contribution in [-0.2, 0) is 11.2 Å². The maximum Gasteiger partial charge on any atom is 0.205 e. The molecule has 0 saturated carbocycles. The van der Waals surface area contributed by atoms with Crippen LogP contribution in [0.2, 0.25) is 5.02 Å². The van der Waals surface area contributed by atoms with Crippen LogP contribution >= 0.6 is 11.6 Å². The number of fused-ring (bicyclic) bond motifs is 1. The average molecular weight is 302 g/mol. The summed E-state index contributed by atoms with van der Waals surface area (Å²) in [6, 6.07) is 13.8. The van der Waals surface area contributed by atoms with Crippen molar-refractivity contribution in [2.24, 2.45) is 0 Å². The fourth-order valence-electron chi connectivity index (χ4n) is 2.49. The molecule has 0 radical (unpaired) electrons. The standard InChI is InChI=1S/C16H16ClN3O/c1-21-10-9-11-5-2-3-7-13(11)20-14-8-4-6-12(17)15(14)19-16(20)18/h2-8H,9-10H2,1H3,(H2,18,19). The van der Waals surface area contributed by atoms with Crippen molar-refractivity contribution in [3.63, 3.8) is 0 Å². The van der Waals surface area contributed by atoms with Gasteiger partial charge in [0, 0.05) is 7.11 Å². The molecule has 1 aromatic heterocycles. The van der Waals surface area contributed by atoms with Crippen LogP contribution in [0.4, 0.5) is 5.95 Å². The summed E-state index contributed by atoms with van der Waals surface area (Å²) >= 11 is 6.20. The van der Waals surface area contributed by atoms with E-state index in [0.29, 0.717) is 17.6 Å². The van der Waals surface area contributed by atoms with Crippen molar-refractivity contribution >= 4 is 28.6 Å². The Kier molecular flexibility index (Phi) is 3.82. The summed E-state index contributed by atoms with van der Waals surface area (Å²) in [6.45, 7) is 0.657. The molecule has 4 nitrogen and oxygen atoms in total. The largest absolute Gasteiger partial charge is 0.384 e. The van der Waals surface area contributed by atoms with Gasteiger partial charge in [-0.25, -0.2) is 4.98 Å². The van der Waals surface area contributed by atoms with Gasteiger partial charge in [0.15, 0.2) is 0 Å². The zero-order chi connectivity index (χ0) is 14.8. The number of halogens is 1. The van der Waals surface area contributed by atoms with Gasteiger partial charge in [-0.1, -0.05) is 35.9 Å². The SMILES string of the molecule is COCCc1ccccc1-n1c(N)nc2c(Cl)cccc21. The fourth-order valence-corrected chi connectivity index (χ4v) is 2.70. The van der Waals surface area contributed by atoms with Crippen molar-refractivity contribution in [3.05, 3.63) is 53.1 Å². The number of nitrogen functional groups attached to an aromatic ring is 1. The minimum atomic E-state index is 0.433. The Morgan fingerprint density at radius 2 is 2.00 bits per heavy atom. The lowest BCUT2D eigenvalue weighted by molar-refractivity contribution is 0.202. The van der Waals surface area contributed by atoms with Crippen molar-refractivity contribution in [3.8, 4) is 5.69 Å². The van der Waals surface area contributed by atoms with Gasteiger partial charge in [0.25, 0.3) is 0 Å². The normalized spacial score (nSPS) is 11.1. The van der Waals surface area contributed by atoms with Crippen LogP contribution in [-0.4, -0.2) is 23.3 Å². The highest BCUT2D eigenvalue weighted by Crippen LogP contribution is 2.29. The number of para-hydroxylation sites is 2. The topological polar surface area (TPSA) is 53.1 Å². The molecule has 108 valence electrons. The van der Waals surface area contributed by atoms with E-state index in [2.05, 4.69) is 11.1 Å². The van der Waals surface area contributed by atoms with Gasteiger partial charge < -0.3 is 10.5 Å². The van der Waals surface area contributed by atoms with Gasteiger partial charge in [-0.15, -0.1) is 0 Å². The Hall–Kier alpha value is -2.04. The summed E-state index contributed by atoms with van der Waals surface area (Å²) in [5.74, 6) is 0.433. The monoisotopic (exact) mass is 301 g/mol. The van der Waals surface area contributed by atoms with E-state index in [1.54, 1.807) is 7.11 Å². The van der Waals surface area contributed by atoms with Gasteiger partial charge in [-0.2, -0.15) is 0 Å². The molecule has 0 unspecified atom stereocenters. The minimum Gasteiger partial charge on any atom is -0.384 e. The van der Waals surface area contributed by atoms with Crippen molar-refractivity contribution in [1.29, 1.82) is 0 Å². The molecule has 1 heterocycles. The number of rotatable bonds is 4. The molecule has 0 aliphatic heterocycles. The van der Waals surface area contributed by atoms with Gasteiger partial charge in [-0.3, -0.25) is 4.57 Å². The number of hydrogen-bond donors (Lipinski definition) is 1. The summed E-state index contributed by atoms with van der Waals surface area (Å²) < 4.78 is 7.11. The first kappa shape index (κ1) is 13.9. The number of hydrogen-bond acceptors (Lipinski definition) is 3. The molecule has 3 rings (SSSR count). The quantitative estimate of drug-likeness (QED) is 0.803. The van der Waals surface area contributed by atoms with Crippen LogP contribution in [0.15, 0.2) is 42.5 Å². The summed E-state index contributed by atoms with van der Waals surface area (Å²) in [6.07, 6.45) is 0.812. The molecule has 0 amide bonds. The zero-order valence-electron chi connectivity index (χ0n) is 11.7. The van der Waals surface area contributed by atoms with Crippen LogP contribution in [0.1, 0.15) is 5.56 Å². The molecule has 2 N–H and O–H groups in total. The van der Waals surface area contributed by atoms with E-state index < -0.39 is 0 Å². The number of aromatic nitrogens is 2. The average Bonchev–Trinajstić information content (AvgIpc) is 2.83. The molecular weight excluding hydrogens is 286 g/mol. The highest BCUT2D eigenvalue weighted by molar-refractivity contribution is 6.35. The summed E-state index contributed by atoms with van der Waals surface area (Å²) in [5, 5.41) is 0.604. The molecule has 0 aliphatic rings. The second-order valence-corrected chi connectivity index (χ2v) is 5.19. The highest BCUT2D eigenvalue weighted by Gasteiger charge is 2.14. The van der Waals surface area contributed by atoms with E-state index in [-0.39, 0.29) is 0 Å². The molecule has 21 heavy (non-hydrogen) atoms. The van der Waals surface area contributed by atoms with Crippen LogP contribution in [0.3, 0.4) is 0 Å². The first-order chi connectivity index (χ1) is 10.2. The Labute approximate surface area is 128 Å². The number of nitrogens with zero attached hydrogens (tertiary/aromatic N) is 2. The molecule has 0 bridgehead atoms. The summed E-state index contributed by atoms with van der Waals surface area (Å²) in [7, 11) is 1.70. The summed E-state index contributed by atoms with van der Waals surface area (Å²) in [4.78, 5) is 4.39. The van der Waals surface area contributed by atoms with Gasteiger partial charge in [0.05, 0.1) is 22.8 Å². The Balaban J connectivity index is 2.21. The van der Waals surface area contributed by atoms with Crippen molar-refractivity contribution < 1.29 is 4.74 Å². The number of benzene rings is 2. The number of anilines is 1. The molecule has 2 aromatic carbocycles. The number of nitrogens with two attached hydrogens (primary N) is 1. The number of imidazole rings is 1. The third-order valence-electron chi connectivity index (χ3n) is 3.47. The maximum absolute atomic E-state index is 6.20. The Bertz CT molecular complexity index is 782. The van der Waals surface area contributed by atoms with Crippen molar-refractivity contribution in [1.82, 2.24) is 9.55 Å². The van der Waals surface area contributed by atoms with Gasteiger partial charge in [0.2, 0.25) is 5.95 Å². The first-order valence-electron chi connectivity index (χ1n) is 6.72. The molecule has 5 heteroatoms. The minimum absolute atomic E-state index is 0.433. The number of ether oxygens (including phenoxy) is 1. The van der Waals surface area contributed by atoms with E-state index in [0.717, 1.165) is 28.7 Å². The van der Waals surface area contributed by atoms with E-state index >= 15 is 0 Å². The third kappa shape index (κ3) is 2.48. The van der Waals surface area contributed by atoms with Crippen LogP contribution in [0, 0.1) is 0 Å². The zero-order valence-corrected chi connectivity index (χ0v) is 12.5. The molecule has 0 atom stereocenters. The lowest BCUT2D eigenvalue weighted by atomic mass is 10.1. The molecule has 0 fully saturated rings. The second kappa shape index (κ2) is 5.76. The molecular formula is C16H16ClN3O. The lowest BCUT2D eigenvalue weighted by Gasteiger charge is -2.12. The van der Waals surface area contributed by atoms with Crippen molar-refractivity contribution in [2.45, 2.75) is 6.42 Å².